The molecule has 2 aliphatic rings. The highest BCUT2D eigenvalue weighted by Crippen LogP contribution is 2.52. The van der Waals surface area contributed by atoms with Gasteiger partial charge in [0.15, 0.2) is 0 Å². The lowest BCUT2D eigenvalue weighted by Crippen LogP contribution is -2.45. The number of ether oxygens (including phenoxy) is 1. The summed E-state index contributed by atoms with van der Waals surface area (Å²) in [6, 6.07) is 0. The molecule has 0 amide bonds. The summed E-state index contributed by atoms with van der Waals surface area (Å²) in [7, 11) is -1.61. The number of ketones is 1. The molecule has 0 aromatic rings. The molecule has 0 spiro atoms. The van der Waals surface area contributed by atoms with Crippen molar-refractivity contribution in [2.75, 3.05) is 13.2 Å². The first kappa shape index (κ1) is 12.1. The van der Waals surface area contributed by atoms with Gasteiger partial charge in [0.05, 0.1) is 21.3 Å². The molecule has 0 aromatic carbocycles. The number of rotatable bonds is 1. The van der Waals surface area contributed by atoms with E-state index in [9.17, 15) is 4.79 Å². The zero-order valence-corrected chi connectivity index (χ0v) is 12.0. The molecule has 0 saturated carbocycles. The third-order valence-corrected chi connectivity index (χ3v) is 10.7. The van der Waals surface area contributed by atoms with E-state index < -0.39 is 8.07 Å². The van der Waals surface area contributed by atoms with Gasteiger partial charge in [-0.3, -0.25) is 4.79 Å². The van der Waals surface area contributed by atoms with E-state index in [-0.39, 0.29) is 10.6 Å². The molecule has 0 radical (unpaired) electrons. The number of Topliss-reactive ketones (excluding diaryl/α,β-unsaturated/α-hetero) is 1. The zero-order valence-electron chi connectivity index (χ0n) is 11.0. The van der Waals surface area contributed by atoms with Gasteiger partial charge in [0.1, 0.15) is 5.78 Å². The molecule has 90 valence electrons. The van der Waals surface area contributed by atoms with Gasteiger partial charge in [0.2, 0.25) is 0 Å². The molecular formula is C13H22O2Si. The maximum absolute atomic E-state index is 12.2. The minimum Gasteiger partial charge on any atom is -0.373 e. The average molecular weight is 238 g/mol. The highest BCUT2D eigenvalue weighted by atomic mass is 28.3. The fraction of sp³-hybridized carbons (Fsp3) is 0.769. The summed E-state index contributed by atoms with van der Waals surface area (Å²) < 4.78 is 5.49. The normalized spacial score (nSPS) is 26.6. The molecule has 1 atom stereocenters. The Balaban J connectivity index is 2.37. The second-order valence-corrected chi connectivity index (χ2v) is 12.2. The summed E-state index contributed by atoms with van der Waals surface area (Å²) in [6.07, 6.45) is 0.659. The number of carbonyl (C=O) groups excluding carboxylic acids is 1. The van der Waals surface area contributed by atoms with E-state index in [1.165, 1.54) is 11.1 Å². The fourth-order valence-electron chi connectivity index (χ4n) is 2.71. The standard InChI is InChI=1S/C13H22O2Si/c1-13(2,3)16(4,5)12-10-8-15-7-9(10)6-11(12)14/h12H,6-8H2,1-5H3. The Bertz CT molecular complexity index is 361. The SMILES string of the molecule is CC(C)(C)[Si](C)(C)C1C(=O)CC2=C1COC2. The zero-order chi connectivity index (χ0) is 12.1. The molecule has 1 unspecified atom stereocenters. The Hall–Kier alpha value is -0.413. The van der Waals surface area contributed by atoms with Crippen LogP contribution >= 0.6 is 0 Å². The average Bonchev–Trinajstić information content (AvgIpc) is 2.59. The maximum Gasteiger partial charge on any atom is 0.141 e. The van der Waals surface area contributed by atoms with Crippen molar-refractivity contribution < 1.29 is 9.53 Å². The Morgan fingerprint density at radius 3 is 2.44 bits per heavy atom. The van der Waals surface area contributed by atoms with Crippen LogP contribution in [0.5, 0.6) is 0 Å². The van der Waals surface area contributed by atoms with Crippen LogP contribution in [-0.2, 0) is 9.53 Å². The molecule has 0 bridgehead atoms. The lowest BCUT2D eigenvalue weighted by atomic mass is 10.2. The number of hydrogen-bond donors (Lipinski definition) is 0. The van der Waals surface area contributed by atoms with Crippen LogP contribution < -0.4 is 0 Å². The first-order chi connectivity index (χ1) is 7.25. The van der Waals surface area contributed by atoms with Gasteiger partial charge in [-0.2, -0.15) is 0 Å². The number of hydrogen-bond acceptors (Lipinski definition) is 2. The summed E-state index contributed by atoms with van der Waals surface area (Å²) in [6.45, 7) is 12.9. The van der Waals surface area contributed by atoms with Crippen molar-refractivity contribution in [3.05, 3.63) is 11.1 Å². The predicted molar refractivity (Wildman–Crippen MR) is 68.4 cm³/mol. The van der Waals surface area contributed by atoms with Crippen molar-refractivity contribution in [1.82, 2.24) is 0 Å². The Kier molecular flexibility index (Phi) is 2.67. The van der Waals surface area contributed by atoms with Crippen molar-refractivity contribution in [1.29, 1.82) is 0 Å². The maximum atomic E-state index is 12.2. The third kappa shape index (κ3) is 1.61. The summed E-state index contributed by atoms with van der Waals surface area (Å²) in [5, 5.41) is 0.262. The molecule has 0 fully saturated rings. The summed E-state index contributed by atoms with van der Waals surface area (Å²) in [5.41, 5.74) is 2.85. The van der Waals surface area contributed by atoms with Gasteiger partial charge in [0, 0.05) is 12.0 Å². The molecule has 0 N–H and O–H groups in total. The van der Waals surface area contributed by atoms with Crippen LogP contribution in [0.4, 0.5) is 0 Å². The van der Waals surface area contributed by atoms with Gasteiger partial charge < -0.3 is 4.74 Å². The molecule has 1 heterocycles. The monoisotopic (exact) mass is 238 g/mol. The van der Waals surface area contributed by atoms with Gasteiger partial charge in [-0.15, -0.1) is 0 Å². The van der Waals surface area contributed by atoms with Crippen molar-refractivity contribution in [3.63, 3.8) is 0 Å². The molecular weight excluding hydrogens is 216 g/mol. The van der Waals surface area contributed by atoms with Crippen LogP contribution in [0.3, 0.4) is 0 Å². The second-order valence-electron chi connectivity index (χ2n) is 6.67. The van der Waals surface area contributed by atoms with Crippen LogP contribution in [-0.4, -0.2) is 27.1 Å². The molecule has 2 rings (SSSR count). The minimum atomic E-state index is -1.61. The van der Waals surface area contributed by atoms with E-state index in [0.717, 1.165) is 0 Å². The van der Waals surface area contributed by atoms with E-state index in [0.29, 0.717) is 25.4 Å². The van der Waals surface area contributed by atoms with Crippen LogP contribution in [0, 0.1) is 0 Å². The Morgan fingerprint density at radius 1 is 1.25 bits per heavy atom. The van der Waals surface area contributed by atoms with Gasteiger partial charge in [0.25, 0.3) is 0 Å². The summed E-state index contributed by atoms with van der Waals surface area (Å²) in [4.78, 5) is 12.2. The first-order valence-electron chi connectivity index (χ1n) is 6.06. The first-order valence-corrected chi connectivity index (χ1v) is 9.14. The predicted octanol–water partition coefficient (Wildman–Crippen LogP) is 3.16. The lowest BCUT2D eigenvalue weighted by Gasteiger charge is -2.41. The molecule has 1 aliphatic carbocycles. The van der Waals surface area contributed by atoms with Crippen LogP contribution in [0.15, 0.2) is 11.1 Å². The molecule has 0 saturated heterocycles. The highest BCUT2D eigenvalue weighted by Gasteiger charge is 2.50. The van der Waals surface area contributed by atoms with Crippen molar-refractivity contribution >= 4 is 13.9 Å². The topological polar surface area (TPSA) is 26.3 Å². The Morgan fingerprint density at radius 2 is 1.88 bits per heavy atom. The van der Waals surface area contributed by atoms with Crippen molar-refractivity contribution in [2.24, 2.45) is 0 Å². The van der Waals surface area contributed by atoms with Gasteiger partial charge in [-0.25, -0.2) is 0 Å². The largest absolute Gasteiger partial charge is 0.373 e. The third-order valence-electron chi connectivity index (χ3n) is 4.70. The summed E-state index contributed by atoms with van der Waals surface area (Å²) >= 11 is 0. The van der Waals surface area contributed by atoms with Crippen LogP contribution in [0.25, 0.3) is 0 Å². The van der Waals surface area contributed by atoms with E-state index in [1.54, 1.807) is 0 Å². The van der Waals surface area contributed by atoms with Crippen LogP contribution in [0.1, 0.15) is 27.2 Å². The lowest BCUT2D eigenvalue weighted by molar-refractivity contribution is -0.117. The van der Waals surface area contributed by atoms with Gasteiger partial charge in [-0.1, -0.05) is 33.9 Å². The van der Waals surface area contributed by atoms with Gasteiger partial charge >= 0.3 is 0 Å². The smallest absolute Gasteiger partial charge is 0.141 e. The quantitative estimate of drug-likeness (QED) is 0.518. The molecule has 2 nitrogen and oxygen atoms in total. The number of carbonyl (C=O) groups is 1. The fourth-order valence-corrected chi connectivity index (χ4v) is 5.64. The highest BCUT2D eigenvalue weighted by molar-refractivity contribution is 6.85. The van der Waals surface area contributed by atoms with E-state index in [4.69, 9.17) is 4.74 Å². The molecule has 3 heteroatoms. The van der Waals surface area contributed by atoms with E-state index in [2.05, 4.69) is 33.9 Å². The molecule has 16 heavy (non-hydrogen) atoms. The minimum absolute atomic E-state index is 0.213. The van der Waals surface area contributed by atoms with E-state index in [1.807, 2.05) is 0 Å². The van der Waals surface area contributed by atoms with Gasteiger partial charge in [-0.05, 0) is 16.2 Å². The Labute approximate surface area is 99.1 Å². The van der Waals surface area contributed by atoms with Crippen LogP contribution in [0.2, 0.25) is 23.7 Å². The summed E-state index contributed by atoms with van der Waals surface area (Å²) in [5.74, 6) is 0.458. The molecule has 0 aromatic heterocycles. The molecule has 1 aliphatic heterocycles. The van der Waals surface area contributed by atoms with Crippen molar-refractivity contribution in [3.8, 4) is 0 Å². The van der Waals surface area contributed by atoms with E-state index >= 15 is 0 Å². The van der Waals surface area contributed by atoms with Crippen molar-refractivity contribution in [2.45, 2.75) is 50.9 Å². The second kappa shape index (κ2) is 3.54.